The maximum atomic E-state index is 12.5. The standard InChI is InChI=1S/C22H28N2O3/c1-3-20(27-21-7-5-4-6-17(21)2)22(25)23-16-18-8-10-19(11-9-18)24-12-14-26-15-13-24/h4-11,20H,3,12-16H2,1-2H3,(H,23,25)/t20-/m0/s1. The summed E-state index contributed by atoms with van der Waals surface area (Å²) in [7, 11) is 0. The Morgan fingerprint density at radius 3 is 2.52 bits per heavy atom. The van der Waals surface area contributed by atoms with Crippen LogP contribution in [0.3, 0.4) is 0 Å². The number of carbonyl (C=O) groups is 1. The quantitative estimate of drug-likeness (QED) is 0.815. The van der Waals surface area contributed by atoms with Crippen molar-refractivity contribution in [2.75, 3.05) is 31.2 Å². The van der Waals surface area contributed by atoms with E-state index in [1.165, 1.54) is 5.69 Å². The van der Waals surface area contributed by atoms with Gasteiger partial charge in [0, 0.05) is 25.3 Å². The molecule has 0 aromatic heterocycles. The molecule has 0 bridgehead atoms. The number of amides is 1. The Morgan fingerprint density at radius 1 is 1.15 bits per heavy atom. The first kappa shape index (κ1) is 19.2. The number of para-hydroxylation sites is 1. The van der Waals surface area contributed by atoms with Gasteiger partial charge < -0.3 is 19.7 Å². The summed E-state index contributed by atoms with van der Waals surface area (Å²) in [6.45, 7) is 7.83. The number of hydrogen-bond acceptors (Lipinski definition) is 4. The van der Waals surface area contributed by atoms with Crippen molar-refractivity contribution in [3.05, 3.63) is 59.7 Å². The van der Waals surface area contributed by atoms with Gasteiger partial charge in [0.2, 0.25) is 0 Å². The van der Waals surface area contributed by atoms with Crippen molar-refractivity contribution in [3.63, 3.8) is 0 Å². The average molecular weight is 368 g/mol. The molecule has 2 aromatic rings. The molecule has 0 aliphatic carbocycles. The third-order valence-electron chi connectivity index (χ3n) is 4.81. The first-order chi connectivity index (χ1) is 13.2. The molecule has 2 aromatic carbocycles. The van der Waals surface area contributed by atoms with Crippen LogP contribution in [0.25, 0.3) is 0 Å². The second-order valence-corrected chi connectivity index (χ2v) is 6.76. The molecule has 1 aliphatic heterocycles. The predicted molar refractivity (Wildman–Crippen MR) is 107 cm³/mol. The maximum Gasteiger partial charge on any atom is 0.261 e. The van der Waals surface area contributed by atoms with E-state index in [2.05, 4.69) is 34.5 Å². The van der Waals surface area contributed by atoms with E-state index in [-0.39, 0.29) is 5.91 Å². The minimum atomic E-state index is -0.487. The molecule has 1 N–H and O–H groups in total. The van der Waals surface area contributed by atoms with Crippen molar-refractivity contribution in [2.45, 2.75) is 32.9 Å². The Bertz CT molecular complexity index is 739. The summed E-state index contributed by atoms with van der Waals surface area (Å²) >= 11 is 0. The Kier molecular flexibility index (Phi) is 6.71. The van der Waals surface area contributed by atoms with Gasteiger partial charge in [-0.2, -0.15) is 0 Å². The Balaban J connectivity index is 1.53. The summed E-state index contributed by atoms with van der Waals surface area (Å²) in [4.78, 5) is 14.8. The molecular weight excluding hydrogens is 340 g/mol. The molecule has 144 valence electrons. The minimum absolute atomic E-state index is 0.0852. The third-order valence-corrected chi connectivity index (χ3v) is 4.81. The number of nitrogens with one attached hydrogen (secondary N) is 1. The van der Waals surface area contributed by atoms with Gasteiger partial charge in [0.05, 0.1) is 13.2 Å². The summed E-state index contributed by atoms with van der Waals surface area (Å²) < 4.78 is 11.3. The zero-order chi connectivity index (χ0) is 19.1. The molecule has 5 heteroatoms. The SMILES string of the molecule is CC[C@H](Oc1ccccc1C)C(=O)NCc1ccc(N2CCOCC2)cc1. The van der Waals surface area contributed by atoms with E-state index in [0.717, 1.165) is 43.2 Å². The van der Waals surface area contributed by atoms with E-state index in [1.54, 1.807) is 0 Å². The predicted octanol–water partition coefficient (Wildman–Crippen LogP) is 3.31. The first-order valence-electron chi connectivity index (χ1n) is 9.59. The highest BCUT2D eigenvalue weighted by Gasteiger charge is 2.19. The van der Waals surface area contributed by atoms with Crippen molar-refractivity contribution < 1.29 is 14.3 Å². The van der Waals surface area contributed by atoms with Crippen LogP contribution in [0.15, 0.2) is 48.5 Å². The number of anilines is 1. The third kappa shape index (κ3) is 5.23. The van der Waals surface area contributed by atoms with Crippen LogP contribution in [-0.2, 0) is 16.1 Å². The van der Waals surface area contributed by atoms with E-state index < -0.39 is 6.10 Å². The fourth-order valence-corrected chi connectivity index (χ4v) is 3.11. The Hall–Kier alpha value is -2.53. The van der Waals surface area contributed by atoms with Gasteiger partial charge in [0.1, 0.15) is 5.75 Å². The van der Waals surface area contributed by atoms with Gasteiger partial charge in [-0.3, -0.25) is 4.79 Å². The number of nitrogens with zero attached hydrogens (tertiary/aromatic N) is 1. The molecule has 3 rings (SSSR count). The second-order valence-electron chi connectivity index (χ2n) is 6.76. The van der Waals surface area contributed by atoms with E-state index in [9.17, 15) is 4.79 Å². The highest BCUT2D eigenvalue weighted by molar-refractivity contribution is 5.81. The number of ether oxygens (including phenoxy) is 2. The lowest BCUT2D eigenvalue weighted by Crippen LogP contribution is -2.37. The van der Waals surface area contributed by atoms with Crippen molar-refractivity contribution in [1.29, 1.82) is 0 Å². The van der Waals surface area contributed by atoms with Gasteiger partial charge in [-0.05, 0) is 42.7 Å². The van der Waals surface area contributed by atoms with Crippen molar-refractivity contribution in [3.8, 4) is 5.75 Å². The van der Waals surface area contributed by atoms with E-state index in [4.69, 9.17) is 9.47 Å². The van der Waals surface area contributed by atoms with Crippen LogP contribution < -0.4 is 15.0 Å². The summed E-state index contributed by atoms with van der Waals surface area (Å²) in [5.74, 6) is 0.673. The van der Waals surface area contributed by atoms with Gasteiger partial charge in [-0.1, -0.05) is 37.3 Å². The lowest BCUT2D eigenvalue weighted by molar-refractivity contribution is -0.128. The van der Waals surface area contributed by atoms with Crippen molar-refractivity contribution in [2.24, 2.45) is 0 Å². The molecular formula is C22H28N2O3. The van der Waals surface area contributed by atoms with Crippen LogP contribution in [0.2, 0.25) is 0 Å². The number of morpholine rings is 1. The van der Waals surface area contributed by atoms with Gasteiger partial charge in [0.15, 0.2) is 6.10 Å². The smallest absolute Gasteiger partial charge is 0.261 e. The number of hydrogen-bond donors (Lipinski definition) is 1. The van der Waals surface area contributed by atoms with E-state index >= 15 is 0 Å². The molecule has 0 radical (unpaired) electrons. The molecule has 27 heavy (non-hydrogen) atoms. The van der Waals surface area contributed by atoms with Gasteiger partial charge in [-0.25, -0.2) is 0 Å². The first-order valence-corrected chi connectivity index (χ1v) is 9.59. The molecule has 0 spiro atoms. The number of aryl methyl sites for hydroxylation is 1. The lowest BCUT2D eigenvalue weighted by Gasteiger charge is -2.29. The summed E-state index contributed by atoms with van der Waals surface area (Å²) in [6.07, 6.45) is 0.134. The topological polar surface area (TPSA) is 50.8 Å². The average Bonchev–Trinajstić information content (AvgIpc) is 2.72. The molecule has 1 aliphatic rings. The van der Waals surface area contributed by atoms with Crippen molar-refractivity contribution in [1.82, 2.24) is 5.32 Å². The van der Waals surface area contributed by atoms with Crippen LogP contribution in [-0.4, -0.2) is 38.3 Å². The largest absolute Gasteiger partial charge is 0.480 e. The van der Waals surface area contributed by atoms with Crippen molar-refractivity contribution >= 4 is 11.6 Å². The van der Waals surface area contributed by atoms with Crippen LogP contribution in [0.1, 0.15) is 24.5 Å². The van der Waals surface area contributed by atoms with Gasteiger partial charge in [0.25, 0.3) is 5.91 Å². The number of carbonyl (C=O) groups excluding carboxylic acids is 1. The highest BCUT2D eigenvalue weighted by atomic mass is 16.5. The summed E-state index contributed by atoms with van der Waals surface area (Å²) in [5.41, 5.74) is 3.30. The molecule has 1 atom stereocenters. The molecule has 0 unspecified atom stereocenters. The zero-order valence-electron chi connectivity index (χ0n) is 16.1. The zero-order valence-corrected chi connectivity index (χ0v) is 16.1. The second kappa shape index (κ2) is 9.42. The molecule has 5 nitrogen and oxygen atoms in total. The van der Waals surface area contributed by atoms with Crippen LogP contribution in [0.4, 0.5) is 5.69 Å². The monoisotopic (exact) mass is 368 g/mol. The number of rotatable bonds is 7. The summed E-state index contributed by atoms with van der Waals surface area (Å²) in [6, 6.07) is 16.1. The maximum absolute atomic E-state index is 12.5. The summed E-state index contributed by atoms with van der Waals surface area (Å²) in [5, 5.41) is 2.99. The van der Waals surface area contributed by atoms with Crippen LogP contribution >= 0.6 is 0 Å². The highest BCUT2D eigenvalue weighted by Crippen LogP contribution is 2.19. The van der Waals surface area contributed by atoms with E-state index in [1.807, 2.05) is 38.1 Å². The Labute approximate surface area is 161 Å². The molecule has 0 saturated carbocycles. The molecule has 1 fully saturated rings. The number of benzene rings is 2. The molecule has 1 saturated heterocycles. The van der Waals surface area contributed by atoms with Crippen LogP contribution in [0.5, 0.6) is 5.75 Å². The molecule has 1 amide bonds. The van der Waals surface area contributed by atoms with E-state index in [0.29, 0.717) is 13.0 Å². The molecule has 1 heterocycles. The minimum Gasteiger partial charge on any atom is -0.480 e. The fraction of sp³-hybridized carbons (Fsp3) is 0.409. The van der Waals surface area contributed by atoms with Gasteiger partial charge in [-0.15, -0.1) is 0 Å². The van der Waals surface area contributed by atoms with Crippen LogP contribution in [0, 0.1) is 6.92 Å². The van der Waals surface area contributed by atoms with Gasteiger partial charge >= 0.3 is 0 Å². The fourth-order valence-electron chi connectivity index (χ4n) is 3.11. The lowest BCUT2D eigenvalue weighted by atomic mass is 10.1. The normalized spacial score (nSPS) is 15.3. The Morgan fingerprint density at radius 2 is 1.85 bits per heavy atom.